The number of carbonyl (C=O) groups is 1. The molecule has 1 aromatic carbocycles. The molecule has 0 unspecified atom stereocenters. The topological polar surface area (TPSA) is 32.3 Å². The van der Waals surface area contributed by atoms with Gasteiger partial charge in [-0.3, -0.25) is 4.79 Å². The molecule has 0 aliphatic rings. The highest BCUT2D eigenvalue weighted by Gasteiger charge is 2.12. The number of hydrogen-bond acceptors (Lipinski definition) is 2. The molecular weight excluding hydrogens is 271 g/mol. The van der Waals surface area contributed by atoms with Crippen LogP contribution >= 0.6 is 23.2 Å². The Balaban J connectivity index is 2.61. The van der Waals surface area contributed by atoms with Gasteiger partial charge in [0.2, 0.25) is 5.91 Å². The van der Waals surface area contributed by atoms with Crippen LogP contribution in [0, 0.1) is 0 Å². The molecule has 0 fully saturated rings. The summed E-state index contributed by atoms with van der Waals surface area (Å²) >= 11 is 12.0. The normalized spacial score (nSPS) is 10.8. The van der Waals surface area contributed by atoms with E-state index < -0.39 is 0 Å². The van der Waals surface area contributed by atoms with Crippen molar-refractivity contribution < 1.29 is 4.79 Å². The second-order valence-corrected chi connectivity index (χ2v) is 5.28. The summed E-state index contributed by atoms with van der Waals surface area (Å²) < 4.78 is 0. The van der Waals surface area contributed by atoms with Gasteiger partial charge in [-0.05, 0) is 11.6 Å². The molecule has 0 spiro atoms. The zero-order chi connectivity index (χ0) is 13.7. The van der Waals surface area contributed by atoms with E-state index in [4.69, 9.17) is 23.2 Å². The van der Waals surface area contributed by atoms with E-state index in [1.165, 1.54) is 0 Å². The molecule has 18 heavy (non-hydrogen) atoms. The number of rotatable bonds is 5. The minimum Gasteiger partial charge on any atom is -0.340 e. The fraction of sp³-hybridized carbons (Fsp3) is 0.462. The minimum absolute atomic E-state index is 0.0275. The summed E-state index contributed by atoms with van der Waals surface area (Å²) in [6.07, 6.45) is 0. The predicted molar refractivity (Wildman–Crippen MR) is 76.1 cm³/mol. The van der Waals surface area contributed by atoms with E-state index in [2.05, 4.69) is 5.32 Å². The highest BCUT2D eigenvalue weighted by Crippen LogP contribution is 2.26. The summed E-state index contributed by atoms with van der Waals surface area (Å²) in [5.41, 5.74) is 0.851. The smallest absolute Gasteiger partial charge is 0.236 e. The van der Waals surface area contributed by atoms with Crippen molar-refractivity contribution >= 4 is 29.1 Å². The van der Waals surface area contributed by atoms with E-state index in [0.717, 1.165) is 5.56 Å². The van der Waals surface area contributed by atoms with Crippen LogP contribution in [0.25, 0.3) is 0 Å². The molecule has 3 nitrogen and oxygen atoms in total. The van der Waals surface area contributed by atoms with Gasteiger partial charge in [-0.25, -0.2) is 0 Å². The van der Waals surface area contributed by atoms with E-state index in [0.29, 0.717) is 23.1 Å². The average molecular weight is 289 g/mol. The quantitative estimate of drug-likeness (QED) is 0.904. The number of halogens is 2. The van der Waals surface area contributed by atoms with E-state index in [1.54, 1.807) is 18.0 Å². The van der Waals surface area contributed by atoms with Gasteiger partial charge in [-0.15, -0.1) is 0 Å². The van der Waals surface area contributed by atoms with E-state index in [-0.39, 0.29) is 11.9 Å². The van der Waals surface area contributed by atoms with Gasteiger partial charge in [0.25, 0.3) is 0 Å². The fourth-order valence-electron chi connectivity index (χ4n) is 1.44. The molecule has 0 heterocycles. The molecule has 1 N–H and O–H groups in total. The molecule has 0 aromatic heterocycles. The van der Waals surface area contributed by atoms with E-state index in [1.807, 2.05) is 26.0 Å². The van der Waals surface area contributed by atoms with Crippen LogP contribution in [-0.2, 0) is 11.3 Å². The number of hydrogen-bond donors (Lipinski definition) is 1. The van der Waals surface area contributed by atoms with Gasteiger partial charge >= 0.3 is 0 Å². The van der Waals surface area contributed by atoms with Gasteiger partial charge in [0.1, 0.15) is 0 Å². The van der Waals surface area contributed by atoms with Crippen molar-refractivity contribution in [1.29, 1.82) is 0 Å². The largest absolute Gasteiger partial charge is 0.340 e. The number of likely N-dealkylation sites (N-methyl/N-ethyl adjacent to an activating group) is 1. The van der Waals surface area contributed by atoms with E-state index in [9.17, 15) is 4.79 Å². The maximum Gasteiger partial charge on any atom is 0.236 e. The van der Waals surface area contributed by atoms with Crippen LogP contribution in [0.5, 0.6) is 0 Å². The number of amides is 1. The lowest BCUT2D eigenvalue weighted by Gasteiger charge is -2.19. The van der Waals surface area contributed by atoms with Crippen molar-refractivity contribution in [2.45, 2.75) is 26.4 Å². The zero-order valence-electron chi connectivity index (χ0n) is 10.8. The van der Waals surface area contributed by atoms with Crippen LogP contribution in [0.3, 0.4) is 0 Å². The van der Waals surface area contributed by atoms with E-state index >= 15 is 0 Å². The molecule has 100 valence electrons. The summed E-state index contributed by atoms with van der Waals surface area (Å²) in [5.74, 6) is 0.0275. The summed E-state index contributed by atoms with van der Waals surface area (Å²) in [5, 5.41) is 4.11. The van der Waals surface area contributed by atoms with Crippen molar-refractivity contribution in [3.63, 3.8) is 0 Å². The Hall–Kier alpha value is -0.770. The Morgan fingerprint density at radius 1 is 1.39 bits per heavy atom. The van der Waals surface area contributed by atoms with Gasteiger partial charge in [0.15, 0.2) is 0 Å². The maximum atomic E-state index is 11.8. The highest BCUT2D eigenvalue weighted by atomic mass is 35.5. The third kappa shape index (κ3) is 4.48. The van der Waals surface area contributed by atoms with Crippen molar-refractivity contribution in [2.24, 2.45) is 0 Å². The summed E-state index contributed by atoms with van der Waals surface area (Å²) in [7, 11) is 1.75. The second kappa shape index (κ2) is 6.98. The monoisotopic (exact) mass is 288 g/mol. The molecule has 0 radical (unpaired) electrons. The molecular formula is C13H18Cl2N2O. The van der Waals surface area contributed by atoms with Crippen molar-refractivity contribution in [3.8, 4) is 0 Å². The van der Waals surface area contributed by atoms with Gasteiger partial charge in [0, 0.05) is 19.6 Å². The molecule has 0 aliphatic carbocycles. The lowest BCUT2D eigenvalue weighted by atomic mass is 10.2. The standard InChI is InChI=1S/C13H18Cl2N2O/c1-9(2)16-7-12(18)17(3)8-10-5-4-6-11(14)13(10)15/h4-6,9,16H,7-8H2,1-3H3. The van der Waals surface area contributed by atoms with Gasteiger partial charge in [-0.1, -0.05) is 49.2 Å². The number of benzene rings is 1. The summed E-state index contributed by atoms with van der Waals surface area (Å²) in [4.78, 5) is 13.5. The van der Waals surface area contributed by atoms with Crippen LogP contribution in [0.15, 0.2) is 18.2 Å². The first-order valence-electron chi connectivity index (χ1n) is 5.82. The molecule has 1 aromatic rings. The Morgan fingerprint density at radius 3 is 2.67 bits per heavy atom. The average Bonchev–Trinajstić information content (AvgIpc) is 2.31. The first kappa shape index (κ1) is 15.3. The first-order chi connectivity index (χ1) is 8.41. The fourth-order valence-corrected chi connectivity index (χ4v) is 1.82. The van der Waals surface area contributed by atoms with Crippen molar-refractivity contribution in [2.75, 3.05) is 13.6 Å². The Labute approximate surface area is 118 Å². The van der Waals surface area contributed by atoms with Crippen LogP contribution in [0.1, 0.15) is 19.4 Å². The second-order valence-electron chi connectivity index (χ2n) is 4.50. The third-order valence-corrected chi connectivity index (χ3v) is 3.38. The van der Waals surface area contributed by atoms with Crippen LogP contribution < -0.4 is 5.32 Å². The van der Waals surface area contributed by atoms with Crippen LogP contribution in [-0.4, -0.2) is 30.4 Å². The number of nitrogens with one attached hydrogen (secondary N) is 1. The Kier molecular flexibility index (Phi) is 5.93. The molecule has 0 saturated heterocycles. The molecule has 0 bridgehead atoms. The lowest BCUT2D eigenvalue weighted by Crippen LogP contribution is -2.37. The molecule has 0 aliphatic heterocycles. The Bertz CT molecular complexity index is 421. The van der Waals surface area contributed by atoms with Crippen molar-refractivity contribution in [3.05, 3.63) is 33.8 Å². The number of nitrogens with zero attached hydrogens (tertiary/aromatic N) is 1. The highest BCUT2D eigenvalue weighted by molar-refractivity contribution is 6.42. The molecule has 1 rings (SSSR count). The summed E-state index contributed by atoms with van der Waals surface area (Å²) in [6.45, 7) is 4.78. The van der Waals surface area contributed by atoms with Crippen LogP contribution in [0.2, 0.25) is 10.0 Å². The summed E-state index contributed by atoms with van der Waals surface area (Å²) in [6, 6.07) is 5.72. The maximum absolute atomic E-state index is 11.8. The number of carbonyl (C=O) groups excluding carboxylic acids is 1. The lowest BCUT2D eigenvalue weighted by molar-refractivity contribution is -0.129. The zero-order valence-corrected chi connectivity index (χ0v) is 12.3. The van der Waals surface area contributed by atoms with Crippen molar-refractivity contribution in [1.82, 2.24) is 10.2 Å². The van der Waals surface area contributed by atoms with Gasteiger partial charge in [0.05, 0.1) is 16.6 Å². The minimum atomic E-state index is 0.0275. The SMILES string of the molecule is CC(C)NCC(=O)N(C)Cc1cccc(Cl)c1Cl. The first-order valence-corrected chi connectivity index (χ1v) is 6.57. The molecule has 0 saturated carbocycles. The third-order valence-electron chi connectivity index (χ3n) is 2.53. The predicted octanol–water partition coefficient (Wildman–Crippen LogP) is 2.95. The van der Waals surface area contributed by atoms with Crippen LogP contribution in [0.4, 0.5) is 0 Å². The molecule has 0 atom stereocenters. The molecule has 5 heteroatoms. The van der Waals surface area contributed by atoms with Gasteiger partial charge in [-0.2, -0.15) is 0 Å². The Morgan fingerprint density at radius 2 is 2.06 bits per heavy atom. The van der Waals surface area contributed by atoms with Gasteiger partial charge < -0.3 is 10.2 Å². The molecule has 1 amide bonds.